The second kappa shape index (κ2) is 11.8. The van der Waals surface area contributed by atoms with Crippen LogP contribution in [-0.2, 0) is 0 Å². The van der Waals surface area contributed by atoms with Crippen molar-refractivity contribution < 1.29 is 0 Å². The highest BCUT2D eigenvalue weighted by molar-refractivity contribution is 6.16. The van der Waals surface area contributed by atoms with Crippen LogP contribution in [0.3, 0.4) is 0 Å². The molecule has 0 N–H and O–H groups in total. The van der Waals surface area contributed by atoms with Gasteiger partial charge in [0.1, 0.15) is 6.07 Å². The van der Waals surface area contributed by atoms with Gasteiger partial charge in [0.05, 0.1) is 56.6 Å². The Morgan fingerprint density at radius 2 is 0.982 bits per heavy atom. The number of nitriles is 1. The van der Waals surface area contributed by atoms with Gasteiger partial charge in [0.2, 0.25) is 5.69 Å². The van der Waals surface area contributed by atoms with Crippen molar-refractivity contribution in [3.05, 3.63) is 193 Å². The number of fused-ring (bicyclic) bond motifs is 9. The summed E-state index contributed by atoms with van der Waals surface area (Å²) in [6.07, 6.45) is 0. The van der Waals surface area contributed by atoms with Crippen LogP contribution in [0.4, 0.5) is 5.69 Å². The smallest absolute Gasteiger partial charge is 0.210 e. The van der Waals surface area contributed by atoms with Crippen LogP contribution in [0.15, 0.2) is 176 Å². The molecule has 254 valence electrons. The van der Waals surface area contributed by atoms with Crippen molar-refractivity contribution in [3.8, 4) is 34.3 Å². The average Bonchev–Trinajstić information content (AvgIpc) is 3.89. The Kier molecular flexibility index (Phi) is 6.61. The second-order valence-electron chi connectivity index (χ2n) is 13.9. The minimum Gasteiger partial charge on any atom is -0.318 e. The molecule has 0 radical (unpaired) electrons. The zero-order valence-electron chi connectivity index (χ0n) is 29.5. The molecule has 0 aliphatic heterocycles. The Hall–Kier alpha value is -7.86. The first kappa shape index (κ1) is 30.7. The summed E-state index contributed by atoms with van der Waals surface area (Å²) in [6, 6.07) is 63.7. The molecule has 3 aromatic heterocycles. The molecule has 5 nitrogen and oxygen atoms in total. The molecule has 0 bridgehead atoms. The van der Waals surface area contributed by atoms with E-state index < -0.39 is 0 Å². The van der Waals surface area contributed by atoms with Crippen molar-refractivity contribution in [1.82, 2.24) is 13.7 Å². The van der Waals surface area contributed by atoms with Crippen LogP contribution in [0.25, 0.3) is 98.5 Å². The van der Waals surface area contributed by atoms with Crippen molar-refractivity contribution in [2.75, 3.05) is 0 Å². The number of nitrogens with zero attached hydrogens (tertiary/aromatic N) is 5. The Labute approximate surface area is 316 Å². The van der Waals surface area contributed by atoms with Crippen LogP contribution >= 0.6 is 0 Å². The monoisotopic (exact) mass is 699 g/mol. The predicted octanol–water partition coefficient (Wildman–Crippen LogP) is 13.1. The summed E-state index contributed by atoms with van der Waals surface area (Å²) < 4.78 is 6.87. The standard InChI is InChI=1S/C50H29N5/c1-52-41-28-27-33(30-48(41)55-44-23-8-4-18-38(44)39-20-11-14-34(31-51)50(39)55)32-13-10-15-35(29-32)53-45-24-9-5-19-40(45)49-46(53)25-12-26-47(49)54-42-21-6-2-16-36(42)37-17-3-7-22-43(37)54/h2-30H. The van der Waals surface area contributed by atoms with E-state index in [0.29, 0.717) is 11.3 Å². The first-order valence-electron chi connectivity index (χ1n) is 18.3. The topological polar surface area (TPSA) is 42.9 Å². The molecule has 0 amide bonds. The number of hydrogen-bond acceptors (Lipinski definition) is 1. The molecule has 11 rings (SSSR count). The van der Waals surface area contributed by atoms with E-state index in [0.717, 1.165) is 61.0 Å². The molecule has 0 unspecified atom stereocenters. The molecule has 0 saturated carbocycles. The van der Waals surface area contributed by atoms with Crippen LogP contribution in [0.5, 0.6) is 0 Å². The first-order chi connectivity index (χ1) is 27.2. The lowest BCUT2D eigenvalue weighted by Gasteiger charge is -2.15. The molecule has 55 heavy (non-hydrogen) atoms. The Balaban J connectivity index is 1.13. The lowest BCUT2D eigenvalue weighted by Crippen LogP contribution is -1.98. The highest BCUT2D eigenvalue weighted by Gasteiger charge is 2.21. The van der Waals surface area contributed by atoms with E-state index >= 15 is 0 Å². The Morgan fingerprint density at radius 3 is 1.67 bits per heavy atom. The largest absolute Gasteiger partial charge is 0.318 e. The summed E-state index contributed by atoms with van der Waals surface area (Å²) in [5, 5.41) is 17.1. The van der Waals surface area contributed by atoms with Crippen molar-refractivity contribution >= 4 is 71.1 Å². The molecule has 0 saturated heterocycles. The lowest BCUT2D eigenvalue weighted by molar-refractivity contribution is 1.17. The maximum absolute atomic E-state index is 10.2. The Morgan fingerprint density at radius 1 is 0.436 bits per heavy atom. The van der Waals surface area contributed by atoms with Gasteiger partial charge in [-0.25, -0.2) is 4.85 Å². The summed E-state index contributed by atoms with van der Waals surface area (Å²) in [5.74, 6) is 0. The molecule has 0 aliphatic rings. The molecule has 0 aliphatic carbocycles. The van der Waals surface area contributed by atoms with Gasteiger partial charge in [0, 0.05) is 38.0 Å². The summed E-state index contributed by atoms with van der Waals surface area (Å²) in [5.41, 5.74) is 12.4. The van der Waals surface area contributed by atoms with Crippen LogP contribution in [-0.4, -0.2) is 13.7 Å². The van der Waals surface area contributed by atoms with E-state index in [1.165, 1.54) is 32.6 Å². The van der Waals surface area contributed by atoms with E-state index in [2.05, 4.69) is 164 Å². The third-order valence-corrected chi connectivity index (χ3v) is 11.1. The predicted molar refractivity (Wildman–Crippen MR) is 226 cm³/mol. The molecule has 0 spiro atoms. The van der Waals surface area contributed by atoms with Crippen molar-refractivity contribution in [2.45, 2.75) is 0 Å². The number of para-hydroxylation sites is 5. The molecular weight excluding hydrogens is 671 g/mol. The average molecular weight is 700 g/mol. The zero-order chi connectivity index (χ0) is 36.6. The molecule has 0 fully saturated rings. The normalized spacial score (nSPS) is 11.6. The van der Waals surface area contributed by atoms with Crippen molar-refractivity contribution in [2.24, 2.45) is 0 Å². The number of rotatable bonds is 4. The van der Waals surface area contributed by atoms with E-state index in [-0.39, 0.29) is 0 Å². The fourth-order valence-corrected chi connectivity index (χ4v) is 8.81. The minimum atomic E-state index is 0.523. The maximum Gasteiger partial charge on any atom is 0.210 e. The van der Waals surface area contributed by atoms with Crippen LogP contribution < -0.4 is 0 Å². The fraction of sp³-hybridized carbons (Fsp3) is 0. The van der Waals surface area contributed by atoms with Crippen LogP contribution in [0, 0.1) is 17.9 Å². The fourth-order valence-electron chi connectivity index (χ4n) is 8.81. The van der Waals surface area contributed by atoms with Crippen LogP contribution in [0.2, 0.25) is 0 Å². The summed E-state index contributed by atoms with van der Waals surface area (Å²) in [6.45, 7) is 8.16. The van der Waals surface area contributed by atoms with Gasteiger partial charge in [-0.3, -0.25) is 0 Å². The SMILES string of the molecule is [C-]#[N+]c1ccc(-c2cccc(-n3c4ccccc4c4c(-n5c6ccccc6c6ccccc65)cccc43)c2)cc1-n1c2ccccc2c2cccc(C#N)c21. The number of benzene rings is 8. The van der Waals surface area contributed by atoms with Gasteiger partial charge >= 0.3 is 0 Å². The summed E-state index contributed by atoms with van der Waals surface area (Å²) >= 11 is 0. The lowest BCUT2D eigenvalue weighted by atomic mass is 10.0. The van der Waals surface area contributed by atoms with Gasteiger partial charge in [-0.05, 0) is 71.8 Å². The van der Waals surface area contributed by atoms with E-state index in [4.69, 9.17) is 6.57 Å². The summed E-state index contributed by atoms with van der Waals surface area (Å²) in [4.78, 5) is 3.96. The minimum absolute atomic E-state index is 0.523. The highest BCUT2D eigenvalue weighted by atomic mass is 15.0. The third kappa shape index (κ3) is 4.39. The van der Waals surface area contributed by atoms with Gasteiger partial charge in [0.25, 0.3) is 0 Å². The molecule has 0 atom stereocenters. The van der Waals surface area contributed by atoms with Gasteiger partial charge in [-0.2, -0.15) is 5.26 Å². The van der Waals surface area contributed by atoms with Gasteiger partial charge in [-0.1, -0.05) is 115 Å². The van der Waals surface area contributed by atoms with Crippen LogP contribution in [0.1, 0.15) is 5.56 Å². The van der Waals surface area contributed by atoms with E-state index in [9.17, 15) is 5.26 Å². The summed E-state index contributed by atoms with van der Waals surface area (Å²) in [7, 11) is 0. The van der Waals surface area contributed by atoms with Crippen molar-refractivity contribution in [1.29, 1.82) is 5.26 Å². The quantitative estimate of drug-likeness (QED) is 0.169. The zero-order valence-corrected chi connectivity index (χ0v) is 29.5. The highest BCUT2D eigenvalue weighted by Crippen LogP contribution is 2.42. The Bertz CT molecular complexity index is 3420. The molecular formula is C50H29N5. The first-order valence-corrected chi connectivity index (χ1v) is 18.3. The van der Waals surface area contributed by atoms with Gasteiger partial charge in [-0.15, -0.1) is 0 Å². The van der Waals surface area contributed by atoms with Gasteiger partial charge < -0.3 is 13.7 Å². The number of hydrogen-bond donors (Lipinski definition) is 0. The molecule has 11 aromatic rings. The molecule has 5 heteroatoms. The van der Waals surface area contributed by atoms with E-state index in [1.54, 1.807) is 0 Å². The number of aromatic nitrogens is 3. The molecule has 3 heterocycles. The maximum atomic E-state index is 10.2. The second-order valence-corrected chi connectivity index (χ2v) is 13.9. The van der Waals surface area contributed by atoms with E-state index in [1.807, 2.05) is 36.4 Å². The third-order valence-electron chi connectivity index (χ3n) is 11.1. The van der Waals surface area contributed by atoms with Crippen molar-refractivity contribution in [3.63, 3.8) is 0 Å². The molecule has 8 aromatic carbocycles. The van der Waals surface area contributed by atoms with Gasteiger partial charge in [0.15, 0.2) is 0 Å².